The smallest absolute Gasteiger partial charge is 0.284 e. The van der Waals surface area contributed by atoms with Crippen molar-refractivity contribution >= 4 is 17.5 Å². The fraction of sp³-hybridized carbons (Fsp3) is 0.333. The Hall–Kier alpha value is -2.96. The van der Waals surface area contributed by atoms with Crippen LogP contribution in [0.4, 0.5) is 0 Å². The van der Waals surface area contributed by atoms with Crippen LogP contribution in [0, 0.1) is 12.3 Å². The van der Waals surface area contributed by atoms with E-state index < -0.39 is 5.91 Å². The molecule has 1 aliphatic carbocycles. The zero-order valence-electron chi connectivity index (χ0n) is 14.4. The van der Waals surface area contributed by atoms with E-state index in [2.05, 4.69) is 29.4 Å². The van der Waals surface area contributed by atoms with Crippen molar-refractivity contribution in [1.29, 1.82) is 0 Å². The summed E-state index contributed by atoms with van der Waals surface area (Å²) >= 11 is 0. The molecule has 130 valence electrons. The van der Waals surface area contributed by atoms with Gasteiger partial charge in [0, 0.05) is 35.5 Å². The molecule has 25 heavy (non-hydrogen) atoms. The van der Waals surface area contributed by atoms with Gasteiger partial charge < -0.3 is 10.2 Å². The van der Waals surface area contributed by atoms with Crippen LogP contribution < -0.4 is 11.2 Å². The quantitative estimate of drug-likeness (QED) is 0.834. The summed E-state index contributed by atoms with van der Waals surface area (Å²) in [6, 6.07) is 3.22. The van der Waals surface area contributed by atoms with Crippen molar-refractivity contribution in [3.63, 3.8) is 0 Å². The maximum absolute atomic E-state index is 12.2. The summed E-state index contributed by atoms with van der Waals surface area (Å²) in [6.07, 6.45) is 4.41. The molecule has 0 fully saturated rings. The molecule has 0 aromatic carbocycles. The highest BCUT2D eigenvalue weighted by Gasteiger charge is 2.35. The lowest BCUT2D eigenvalue weighted by Crippen LogP contribution is -2.29. The summed E-state index contributed by atoms with van der Waals surface area (Å²) < 4.78 is 5.68. The molecule has 0 saturated heterocycles. The second-order valence-electron chi connectivity index (χ2n) is 6.97. The number of hydrogen-bond acceptors (Lipinski definition) is 5. The highest BCUT2D eigenvalue weighted by molar-refractivity contribution is 6.07. The van der Waals surface area contributed by atoms with Gasteiger partial charge in [0.2, 0.25) is 0 Å². The van der Waals surface area contributed by atoms with Crippen LogP contribution in [0.1, 0.15) is 58.1 Å². The van der Waals surface area contributed by atoms with Gasteiger partial charge in [0.15, 0.2) is 5.76 Å². The van der Waals surface area contributed by atoms with Gasteiger partial charge in [-0.15, -0.1) is 0 Å². The number of carbonyl (C=O) groups excluding carboxylic acids is 2. The Morgan fingerprint density at radius 3 is 2.60 bits per heavy atom. The molecule has 0 radical (unpaired) electrons. The first-order valence-corrected chi connectivity index (χ1v) is 7.98. The minimum atomic E-state index is -0.607. The standard InChI is InChI=1S/C18H20N4O3/c1-10-14-12(21-22-17(24)11-4-6-20-7-5-11)8-18(2,3)9-13(14)25-15(10)16(19)23/h4-7H,8-9H2,1-3H3,(H2,19,23)(H,22,24)/b21-12+. The van der Waals surface area contributed by atoms with Gasteiger partial charge in [-0.3, -0.25) is 14.6 Å². The topological polar surface area (TPSA) is 111 Å². The van der Waals surface area contributed by atoms with Gasteiger partial charge in [-0.25, -0.2) is 5.43 Å². The van der Waals surface area contributed by atoms with Crippen LogP contribution in [0.15, 0.2) is 34.0 Å². The first kappa shape index (κ1) is 16.9. The SMILES string of the molecule is Cc1c(C(N)=O)oc2c1/C(=N/NC(=O)c1ccncc1)CC(C)(C)C2. The van der Waals surface area contributed by atoms with E-state index in [-0.39, 0.29) is 17.1 Å². The van der Waals surface area contributed by atoms with Crippen LogP contribution in [-0.2, 0) is 6.42 Å². The predicted octanol–water partition coefficient (Wildman–Crippen LogP) is 2.19. The first-order valence-electron chi connectivity index (χ1n) is 7.98. The molecule has 3 rings (SSSR count). The van der Waals surface area contributed by atoms with E-state index in [0.717, 1.165) is 5.56 Å². The zero-order valence-corrected chi connectivity index (χ0v) is 14.4. The highest BCUT2D eigenvalue weighted by Crippen LogP contribution is 2.38. The van der Waals surface area contributed by atoms with Gasteiger partial charge in [-0.1, -0.05) is 13.8 Å². The minimum absolute atomic E-state index is 0.105. The van der Waals surface area contributed by atoms with Crippen LogP contribution in [0.25, 0.3) is 0 Å². The average molecular weight is 340 g/mol. The normalized spacial score (nSPS) is 17.2. The summed E-state index contributed by atoms with van der Waals surface area (Å²) in [7, 11) is 0. The van der Waals surface area contributed by atoms with Crippen LogP contribution in [0.2, 0.25) is 0 Å². The van der Waals surface area contributed by atoms with Gasteiger partial charge in [0.25, 0.3) is 11.8 Å². The molecule has 0 atom stereocenters. The number of nitrogens with two attached hydrogens (primary N) is 1. The van der Waals surface area contributed by atoms with Crippen molar-refractivity contribution in [1.82, 2.24) is 10.4 Å². The van der Waals surface area contributed by atoms with Crippen molar-refractivity contribution in [2.45, 2.75) is 33.6 Å². The number of fused-ring (bicyclic) bond motifs is 1. The van der Waals surface area contributed by atoms with Gasteiger partial charge in [-0.05, 0) is 30.9 Å². The number of furan rings is 1. The van der Waals surface area contributed by atoms with Gasteiger partial charge in [0.05, 0.1) is 5.71 Å². The fourth-order valence-corrected chi connectivity index (χ4v) is 3.13. The van der Waals surface area contributed by atoms with Crippen molar-refractivity contribution in [3.8, 4) is 0 Å². The summed E-state index contributed by atoms with van der Waals surface area (Å²) in [5.41, 5.74) is 10.4. The number of rotatable bonds is 3. The largest absolute Gasteiger partial charge is 0.455 e. The molecule has 2 aromatic heterocycles. The maximum Gasteiger partial charge on any atom is 0.284 e. The van der Waals surface area contributed by atoms with Crippen LogP contribution >= 0.6 is 0 Å². The van der Waals surface area contributed by atoms with Gasteiger partial charge in [0.1, 0.15) is 5.76 Å². The Labute approximate surface area is 145 Å². The summed E-state index contributed by atoms with van der Waals surface area (Å²) in [5, 5.41) is 4.31. The van der Waals surface area contributed by atoms with Crippen LogP contribution in [0.5, 0.6) is 0 Å². The summed E-state index contributed by atoms with van der Waals surface area (Å²) in [6.45, 7) is 5.94. The van der Waals surface area contributed by atoms with E-state index in [1.54, 1.807) is 31.5 Å². The van der Waals surface area contributed by atoms with Crippen LogP contribution in [-0.4, -0.2) is 22.5 Å². The molecule has 0 unspecified atom stereocenters. The Kier molecular flexibility index (Phi) is 4.16. The summed E-state index contributed by atoms with van der Waals surface area (Å²) in [4.78, 5) is 27.7. The molecule has 0 aliphatic heterocycles. The lowest BCUT2D eigenvalue weighted by Gasteiger charge is -2.29. The van der Waals surface area contributed by atoms with Crippen molar-refractivity contribution in [3.05, 3.63) is 52.7 Å². The number of carbonyl (C=O) groups is 2. The molecule has 3 N–H and O–H groups in total. The maximum atomic E-state index is 12.2. The highest BCUT2D eigenvalue weighted by atomic mass is 16.4. The van der Waals surface area contributed by atoms with E-state index in [9.17, 15) is 9.59 Å². The van der Waals surface area contributed by atoms with E-state index in [1.807, 2.05) is 0 Å². The van der Waals surface area contributed by atoms with E-state index in [0.29, 0.717) is 35.4 Å². The third-order valence-electron chi connectivity index (χ3n) is 4.25. The lowest BCUT2D eigenvalue weighted by molar-refractivity contribution is 0.0951. The first-order chi connectivity index (χ1) is 11.8. The molecule has 2 amide bonds. The molecule has 0 bridgehead atoms. The number of pyridine rings is 1. The second-order valence-corrected chi connectivity index (χ2v) is 6.97. The number of nitrogens with zero attached hydrogens (tertiary/aromatic N) is 2. The van der Waals surface area contributed by atoms with Gasteiger partial charge >= 0.3 is 0 Å². The molecule has 2 aromatic rings. The Bertz CT molecular complexity index is 866. The van der Waals surface area contributed by atoms with Crippen molar-refractivity contribution in [2.24, 2.45) is 16.3 Å². The average Bonchev–Trinajstić information content (AvgIpc) is 2.88. The van der Waals surface area contributed by atoms with E-state index >= 15 is 0 Å². The van der Waals surface area contributed by atoms with E-state index in [4.69, 9.17) is 10.2 Å². The zero-order chi connectivity index (χ0) is 18.2. The molecule has 1 aliphatic rings. The Morgan fingerprint density at radius 1 is 1.28 bits per heavy atom. The number of hydrazone groups is 1. The lowest BCUT2D eigenvalue weighted by atomic mass is 9.75. The van der Waals surface area contributed by atoms with Crippen molar-refractivity contribution < 1.29 is 14.0 Å². The number of amides is 2. The third-order valence-corrected chi connectivity index (χ3v) is 4.25. The number of nitrogens with one attached hydrogen (secondary N) is 1. The van der Waals surface area contributed by atoms with Crippen LogP contribution in [0.3, 0.4) is 0 Å². The molecule has 0 saturated carbocycles. The molecule has 2 heterocycles. The third kappa shape index (κ3) is 3.31. The minimum Gasteiger partial charge on any atom is -0.455 e. The van der Waals surface area contributed by atoms with E-state index in [1.165, 1.54) is 0 Å². The molecule has 0 spiro atoms. The summed E-state index contributed by atoms with van der Waals surface area (Å²) in [5.74, 6) is -0.101. The number of hydrogen-bond donors (Lipinski definition) is 2. The number of aromatic nitrogens is 1. The Balaban J connectivity index is 1.96. The fourth-order valence-electron chi connectivity index (χ4n) is 3.13. The molecule has 7 nitrogen and oxygen atoms in total. The van der Waals surface area contributed by atoms with Crippen molar-refractivity contribution in [2.75, 3.05) is 0 Å². The molecule has 7 heteroatoms. The number of primary amides is 1. The monoisotopic (exact) mass is 340 g/mol. The predicted molar refractivity (Wildman–Crippen MR) is 92.3 cm³/mol. The molecular formula is C18H20N4O3. The Morgan fingerprint density at radius 2 is 1.96 bits per heavy atom. The molecular weight excluding hydrogens is 320 g/mol. The van der Waals surface area contributed by atoms with Gasteiger partial charge in [-0.2, -0.15) is 5.10 Å². The second kappa shape index (κ2) is 6.16.